The van der Waals surface area contributed by atoms with Gasteiger partial charge in [-0.2, -0.15) is 0 Å². The van der Waals surface area contributed by atoms with Gasteiger partial charge in [0.25, 0.3) is 5.78 Å². The summed E-state index contributed by atoms with van der Waals surface area (Å²) in [6.07, 6.45) is 0.724. The molecule has 2 aliphatic rings. The van der Waals surface area contributed by atoms with Crippen LogP contribution in [0.4, 0.5) is 5.13 Å². The molecule has 6 rings (SSSR count). The number of nitrogens with zero attached hydrogens (tertiary/aromatic N) is 2. The Hall–Kier alpha value is -4.37. The number of aromatic nitrogens is 1. The SMILES string of the molecule is CCOc1cccc([C@@H]2/C(=C(\O)c3ccc4c(c3)C[C@H](C)O4)C(=O)C(=O)N2c2nc3ccc(OCC)cc3s2)c1. The minimum Gasteiger partial charge on any atom is -0.507 e. The van der Waals surface area contributed by atoms with E-state index in [1.165, 1.54) is 16.2 Å². The maximum Gasteiger partial charge on any atom is 0.301 e. The number of aliphatic hydroxyl groups is 1. The van der Waals surface area contributed by atoms with E-state index in [0.717, 1.165) is 16.0 Å². The Balaban J connectivity index is 1.51. The van der Waals surface area contributed by atoms with Crippen molar-refractivity contribution in [1.82, 2.24) is 4.98 Å². The van der Waals surface area contributed by atoms with Crippen LogP contribution in [0, 0.1) is 0 Å². The van der Waals surface area contributed by atoms with Crippen LogP contribution in [0.5, 0.6) is 17.2 Å². The van der Waals surface area contributed by atoms with Crippen molar-refractivity contribution < 1.29 is 28.9 Å². The van der Waals surface area contributed by atoms with Crippen molar-refractivity contribution in [2.24, 2.45) is 0 Å². The first kappa shape index (κ1) is 25.9. The van der Waals surface area contributed by atoms with Crippen molar-refractivity contribution in [3.8, 4) is 17.2 Å². The van der Waals surface area contributed by atoms with Gasteiger partial charge in [0.1, 0.15) is 29.1 Å². The monoisotopic (exact) mass is 556 g/mol. The third-order valence-corrected chi connectivity index (χ3v) is 7.98. The number of ether oxygens (including phenoxy) is 3. The number of thiazole rings is 1. The van der Waals surface area contributed by atoms with Gasteiger partial charge in [0.05, 0.1) is 35.0 Å². The summed E-state index contributed by atoms with van der Waals surface area (Å²) in [6, 6.07) is 17.2. The van der Waals surface area contributed by atoms with Gasteiger partial charge in [-0.15, -0.1) is 0 Å². The predicted octanol–water partition coefficient (Wildman–Crippen LogP) is 6.04. The molecule has 9 heteroatoms. The standard InChI is InChI=1S/C31H28N2O6S/c1-4-37-21-8-6-7-18(15-21)27-26(28(34)19-9-12-24-20(14-19)13-17(3)39-24)29(35)30(36)33(27)31-32-23-11-10-22(38-5-2)16-25(23)40-31/h6-12,14-17,27,34H,4-5,13H2,1-3H3/b28-26+/t17-,27+/m0/s1. The van der Waals surface area contributed by atoms with Gasteiger partial charge < -0.3 is 19.3 Å². The van der Waals surface area contributed by atoms with Crippen LogP contribution in [0.15, 0.2) is 66.2 Å². The molecule has 1 amide bonds. The molecule has 0 unspecified atom stereocenters. The van der Waals surface area contributed by atoms with Gasteiger partial charge in [0, 0.05) is 12.0 Å². The van der Waals surface area contributed by atoms with Gasteiger partial charge in [-0.25, -0.2) is 4.98 Å². The minimum absolute atomic E-state index is 0.000163. The van der Waals surface area contributed by atoms with E-state index >= 15 is 0 Å². The van der Waals surface area contributed by atoms with E-state index in [-0.39, 0.29) is 17.4 Å². The van der Waals surface area contributed by atoms with Gasteiger partial charge in [-0.1, -0.05) is 23.5 Å². The molecule has 3 heterocycles. The highest BCUT2D eigenvalue weighted by molar-refractivity contribution is 7.22. The van der Waals surface area contributed by atoms with E-state index in [1.807, 2.05) is 57.2 Å². The fraction of sp³-hybridized carbons (Fsp3) is 0.258. The lowest BCUT2D eigenvalue weighted by atomic mass is 9.94. The Morgan fingerprint density at radius 2 is 1.82 bits per heavy atom. The lowest BCUT2D eigenvalue weighted by Gasteiger charge is -2.23. The van der Waals surface area contributed by atoms with Crippen LogP contribution < -0.4 is 19.1 Å². The molecule has 0 spiro atoms. The number of benzene rings is 3. The summed E-state index contributed by atoms with van der Waals surface area (Å²) >= 11 is 1.29. The lowest BCUT2D eigenvalue weighted by Crippen LogP contribution is -2.29. The molecule has 1 saturated heterocycles. The number of carbonyl (C=O) groups is 2. The number of aliphatic hydroxyl groups excluding tert-OH is 1. The second kappa shape index (κ2) is 10.3. The van der Waals surface area contributed by atoms with Crippen LogP contribution in [0.1, 0.15) is 43.5 Å². The molecule has 1 fully saturated rings. The Kier molecular flexibility index (Phi) is 6.67. The molecule has 4 aromatic rings. The molecule has 204 valence electrons. The van der Waals surface area contributed by atoms with E-state index in [2.05, 4.69) is 0 Å². The first-order chi connectivity index (χ1) is 19.4. The van der Waals surface area contributed by atoms with E-state index in [0.29, 0.717) is 52.9 Å². The smallest absolute Gasteiger partial charge is 0.301 e. The molecule has 1 aromatic heterocycles. The fourth-order valence-electron chi connectivity index (χ4n) is 5.26. The number of ketones is 1. The molecule has 3 aromatic carbocycles. The molecule has 2 atom stereocenters. The van der Waals surface area contributed by atoms with Gasteiger partial charge in [0.15, 0.2) is 5.13 Å². The quantitative estimate of drug-likeness (QED) is 0.168. The van der Waals surface area contributed by atoms with Gasteiger partial charge in [-0.3, -0.25) is 14.5 Å². The molecule has 1 N–H and O–H groups in total. The maximum atomic E-state index is 13.6. The number of rotatable bonds is 7. The van der Waals surface area contributed by atoms with Crippen molar-refractivity contribution >= 4 is 44.1 Å². The number of carbonyl (C=O) groups excluding carboxylic acids is 2. The molecular formula is C31H28N2O6S. The summed E-state index contributed by atoms with van der Waals surface area (Å²) in [5, 5.41) is 11.9. The summed E-state index contributed by atoms with van der Waals surface area (Å²) in [6.45, 7) is 6.75. The third kappa shape index (κ3) is 4.46. The molecule has 0 bridgehead atoms. The second-order valence-corrected chi connectivity index (χ2v) is 10.7. The molecule has 8 nitrogen and oxygen atoms in total. The Bertz CT molecular complexity index is 1680. The number of hydrogen-bond acceptors (Lipinski definition) is 8. The number of fused-ring (bicyclic) bond motifs is 2. The number of hydrogen-bond donors (Lipinski definition) is 1. The molecule has 0 aliphatic carbocycles. The van der Waals surface area contributed by atoms with Crippen LogP contribution >= 0.6 is 11.3 Å². The largest absolute Gasteiger partial charge is 0.507 e. The Morgan fingerprint density at radius 3 is 2.60 bits per heavy atom. The summed E-state index contributed by atoms with van der Waals surface area (Å²) in [5.74, 6) is 0.281. The first-order valence-electron chi connectivity index (χ1n) is 13.2. The van der Waals surface area contributed by atoms with E-state index in [4.69, 9.17) is 19.2 Å². The molecule has 40 heavy (non-hydrogen) atoms. The summed E-state index contributed by atoms with van der Waals surface area (Å²) < 4.78 is 18.0. The highest BCUT2D eigenvalue weighted by Crippen LogP contribution is 2.45. The van der Waals surface area contributed by atoms with Crippen LogP contribution in [-0.2, 0) is 16.0 Å². The average Bonchev–Trinajstić information content (AvgIpc) is 3.61. The van der Waals surface area contributed by atoms with Crippen LogP contribution in [0.3, 0.4) is 0 Å². The normalized spacial score (nSPS) is 19.6. The van der Waals surface area contributed by atoms with Gasteiger partial charge in [0.2, 0.25) is 0 Å². The van der Waals surface area contributed by atoms with Crippen LogP contribution in [0.2, 0.25) is 0 Å². The van der Waals surface area contributed by atoms with Gasteiger partial charge in [-0.05, 0) is 80.4 Å². The van der Waals surface area contributed by atoms with E-state index in [9.17, 15) is 14.7 Å². The van der Waals surface area contributed by atoms with E-state index in [1.54, 1.807) is 24.3 Å². The van der Waals surface area contributed by atoms with Crippen molar-refractivity contribution in [3.63, 3.8) is 0 Å². The zero-order valence-electron chi connectivity index (χ0n) is 22.3. The molecule has 0 saturated carbocycles. The second-order valence-electron chi connectivity index (χ2n) is 9.69. The number of Topliss-reactive ketones (excluding diaryl/α,β-unsaturated/α-hetero) is 1. The van der Waals surface area contributed by atoms with Crippen molar-refractivity contribution in [3.05, 3.63) is 82.9 Å². The topological polar surface area (TPSA) is 98.2 Å². The zero-order valence-corrected chi connectivity index (χ0v) is 23.2. The molecular weight excluding hydrogens is 528 g/mol. The first-order valence-corrected chi connectivity index (χ1v) is 14.1. The third-order valence-electron chi connectivity index (χ3n) is 6.96. The van der Waals surface area contributed by atoms with Crippen molar-refractivity contribution in [1.29, 1.82) is 0 Å². The highest BCUT2D eigenvalue weighted by atomic mass is 32.1. The maximum absolute atomic E-state index is 13.6. The lowest BCUT2D eigenvalue weighted by molar-refractivity contribution is -0.132. The zero-order chi connectivity index (χ0) is 28.0. The Morgan fingerprint density at radius 1 is 1.05 bits per heavy atom. The van der Waals surface area contributed by atoms with Crippen molar-refractivity contribution in [2.75, 3.05) is 18.1 Å². The van der Waals surface area contributed by atoms with Crippen LogP contribution in [0.25, 0.3) is 16.0 Å². The summed E-state index contributed by atoms with van der Waals surface area (Å²) in [7, 11) is 0. The molecule has 2 aliphatic heterocycles. The highest BCUT2D eigenvalue weighted by Gasteiger charge is 2.48. The summed E-state index contributed by atoms with van der Waals surface area (Å²) in [5.41, 5.74) is 2.70. The van der Waals surface area contributed by atoms with Gasteiger partial charge >= 0.3 is 5.91 Å². The summed E-state index contributed by atoms with van der Waals surface area (Å²) in [4.78, 5) is 33.4. The van der Waals surface area contributed by atoms with E-state index < -0.39 is 17.7 Å². The minimum atomic E-state index is -0.907. The van der Waals surface area contributed by atoms with Crippen LogP contribution in [-0.4, -0.2) is 41.1 Å². The predicted molar refractivity (Wildman–Crippen MR) is 153 cm³/mol. The number of anilines is 1. The Labute approximate surface area is 235 Å². The molecule has 0 radical (unpaired) electrons. The number of amides is 1. The average molecular weight is 557 g/mol. The van der Waals surface area contributed by atoms with Crippen molar-refractivity contribution in [2.45, 2.75) is 39.3 Å². The fourth-order valence-corrected chi connectivity index (χ4v) is 6.28.